The monoisotopic (exact) mass is 442 g/mol. The van der Waals surface area contributed by atoms with Gasteiger partial charge in [0.15, 0.2) is 10.9 Å². The fourth-order valence-corrected chi connectivity index (χ4v) is 4.47. The SMILES string of the molecule is CC(=O)c1ccccc1OCCSc1nnc(N2CCCC2)n1-c1ccccc1Cl. The first-order valence-electron chi connectivity index (χ1n) is 9.96. The predicted octanol–water partition coefficient (Wildman–Crippen LogP) is 4.89. The van der Waals surface area contributed by atoms with Crippen molar-refractivity contribution in [2.24, 2.45) is 0 Å². The van der Waals surface area contributed by atoms with Crippen LogP contribution in [0.25, 0.3) is 5.69 Å². The molecule has 30 heavy (non-hydrogen) atoms. The third kappa shape index (κ3) is 4.47. The number of aromatic nitrogens is 3. The maximum absolute atomic E-state index is 11.8. The summed E-state index contributed by atoms with van der Waals surface area (Å²) in [7, 11) is 0. The van der Waals surface area contributed by atoms with E-state index in [1.54, 1.807) is 24.8 Å². The third-order valence-electron chi connectivity index (χ3n) is 4.94. The third-order valence-corrected chi connectivity index (χ3v) is 6.15. The lowest BCUT2D eigenvalue weighted by Crippen LogP contribution is -2.22. The van der Waals surface area contributed by atoms with E-state index in [4.69, 9.17) is 16.3 Å². The smallest absolute Gasteiger partial charge is 0.232 e. The highest BCUT2D eigenvalue weighted by Gasteiger charge is 2.23. The Kier molecular flexibility index (Phi) is 6.59. The van der Waals surface area contributed by atoms with Crippen molar-refractivity contribution >= 4 is 35.1 Å². The summed E-state index contributed by atoms with van der Waals surface area (Å²) in [5.74, 6) is 2.09. The lowest BCUT2D eigenvalue weighted by Gasteiger charge is -2.19. The number of rotatable bonds is 8. The Morgan fingerprint density at radius 1 is 1.10 bits per heavy atom. The summed E-state index contributed by atoms with van der Waals surface area (Å²) >= 11 is 8.05. The van der Waals surface area contributed by atoms with Crippen molar-refractivity contribution in [1.29, 1.82) is 0 Å². The summed E-state index contributed by atoms with van der Waals surface area (Å²) in [6.07, 6.45) is 2.31. The van der Waals surface area contributed by atoms with Crippen LogP contribution >= 0.6 is 23.4 Å². The fraction of sp³-hybridized carbons (Fsp3) is 0.318. The summed E-state index contributed by atoms with van der Waals surface area (Å²) in [6, 6.07) is 15.0. The van der Waals surface area contributed by atoms with Crippen molar-refractivity contribution in [3.63, 3.8) is 0 Å². The van der Waals surface area contributed by atoms with E-state index in [9.17, 15) is 4.79 Å². The van der Waals surface area contributed by atoms with Crippen molar-refractivity contribution in [2.75, 3.05) is 30.3 Å². The minimum Gasteiger partial charge on any atom is -0.492 e. The highest BCUT2D eigenvalue weighted by atomic mass is 35.5. The molecule has 2 aromatic carbocycles. The van der Waals surface area contributed by atoms with Crippen LogP contribution in [0.3, 0.4) is 0 Å². The molecule has 1 aliphatic heterocycles. The number of halogens is 1. The zero-order valence-electron chi connectivity index (χ0n) is 16.8. The quantitative estimate of drug-likeness (QED) is 0.281. The minimum absolute atomic E-state index is 0.00743. The second-order valence-electron chi connectivity index (χ2n) is 7.01. The molecule has 3 aromatic rings. The molecule has 0 radical (unpaired) electrons. The Labute approximate surface area is 185 Å². The van der Waals surface area contributed by atoms with Gasteiger partial charge >= 0.3 is 0 Å². The Morgan fingerprint density at radius 3 is 2.60 bits per heavy atom. The van der Waals surface area contributed by atoms with Crippen LogP contribution in [-0.2, 0) is 0 Å². The first kappa shape index (κ1) is 20.8. The molecule has 4 rings (SSSR count). The van der Waals surface area contributed by atoms with Crippen LogP contribution in [0.5, 0.6) is 5.75 Å². The van der Waals surface area contributed by atoms with Crippen molar-refractivity contribution in [3.8, 4) is 11.4 Å². The summed E-state index contributed by atoms with van der Waals surface area (Å²) in [5, 5.41) is 10.3. The van der Waals surface area contributed by atoms with E-state index < -0.39 is 0 Å². The van der Waals surface area contributed by atoms with Gasteiger partial charge < -0.3 is 9.64 Å². The molecule has 1 saturated heterocycles. The Balaban J connectivity index is 1.51. The molecular weight excluding hydrogens is 420 g/mol. The van der Waals surface area contributed by atoms with Crippen molar-refractivity contribution in [2.45, 2.75) is 24.9 Å². The standard InChI is InChI=1S/C22H23ClN4O2S/c1-16(28)17-8-2-5-11-20(17)29-14-15-30-22-25-24-21(26-12-6-7-13-26)27(22)19-10-4-3-9-18(19)23/h2-5,8-11H,6-7,12-15H2,1H3. The van der Waals surface area contributed by atoms with Gasteiger partial charge in [0.1, 0.15) is 5.75 Å². The highest BCUT2D eigenvalue weighted by Crippen LogP contribution is 2.32. The molecule has 0 aliphatic carbocycles. The molecule has 0 N–H and O–H groups in total. The van der Waals surface area contributed by atoms with Gasteiger partial charge in [-0.1, -0.05) is 47.6 Å². The average Bonchev–Trinajstić information content (AvgIpc) is 3.41. The molecule has 1 fully saturated rings. The van der Waals surface area contributed by atoms with Crippen LogP contribution in [0, 0.1) is 0 Å². The first-order valence-corrected chi connectivity index (χ1v) is 11.3. The number of Topliss-reactive ketones (excluding diaryl/α,β-unsaturated/α-hetero) is 1. The molecule has 1 aromatic heterocycles. The summed E-state index contributed by atoms with van der Waals surface area (Å²) in [4.78, 5) is 14.0. The lowest BCUT2D eigenvalue weighted by atomic mass is 10.1. The Hall–Kier alpha value is -2.51. The number of hydrogen-bond acceptors (Lipinski definition) is 6. The maximum Gasteiger partial charge on any atom is 0.232 e. The van der Waals surface area contributed by atoms with Gasteiger partial charge in [0.25, 0.3) is 0 Å². The van der Waals surface area contributed by atoms with E-state index in [0.717, 1.165) is 42.7 Å². The molecule has 0 amide bonds. The van der Waals surface area contributed by atoms with Crippen LogP contribution in [0.15, 0.2) is 53.7 Å². The summed E-state index contributed by atoms with van der Waals surface area (Å²) in [6.45, 7) is 3.93. The van der Waals surface area contributed by atoms with Gasteiger partial charge in [-0.05, 0) is 44.0 Å². The molecule has 6 nitrogen and oxygen atoms in total. The predicted molar refractivity (Wildman–Crippen MR) is 120 cm³/mol. The highest BCUT2D eigenvalue weighted by molar-refractivity contribution is 7.99. The molecule has 0 spiro atoms. The van der Waals surface area contributed by atoms with Gasteiger partial charge in [0.05, 0.1) is 22.9 Å². The van der Waals surface area contributed by atoms with Crippen LogP contribution in [-0.4, -0.2) is 46.0 Å². The number of ether oxygens (including phenoxy) is 1. The zero-order chi connectivity index (χ0) is 20.9. The number of para-hydroxylation sites is 2. The van der Waals surface area contributed by atoms with Crippen molar-refractivity contribution in [3.05, 3.63) is 59.1 Å². The van der Waals surface area contributed by atoms with E-state index in [1.165, 1.54) is 0 Å². The molecule has 8 heteroatoms. The molecule has 0 saturated carbocycles. The average molecular weight is 443 g/mol. The number of carbonyl (C=O) groups excluding carboxylic acids is 1. The molecule has 156 valence electrons. The number of nitrogens with zero attached hydrogens (tertiary/aromatic N) is 4. The Morgan fingerprint density at radius 2 is 1.83 bits per heavy atom. The van der Waals surface area contributed by atoms with E-state index in [0.29, 0.717) is 28.7 Å². The van der Waals surface area contributed by atoms with Gasteiger partial charge in [-0.3, -0.25) is 9.36 Å². The van der Waals surface area contributed by atoms with Crippen LogP contribution in [0.1, 0.15) is 30.1 Å². The number of ketones is 1. The lowest BCUT2D eigenvalue weighted by molar-refractivity contribution is 0.101. The van der Waals surface area contributed by atoms with Gasteiger partial charge in [0, 0.05) is 18.8 Å². The second-order valence-corrected chi connectivity index (χ2v) is 8.48. The van der Waals surface area contributed by atoms with Crippen LogP contribution in [0.2, 0.25) is 5.02 Å². The number of carbonyl (C=O) groups is 1. The number of anilines is 1. The topological polar surface area (TPSA) is 60.2 Å². The van der Waals surface area contributed by atoms with E-state index >= 15 is 0 Å². The largest absolute Gasteiger partial charge is 0.492 e. The molecule has 0 atom stereocenters. The number of thioether (sulfide) groups is 1. The zero-order valence-corrected chi connectivity index (χ0v) is 18.3. The number of hydrogen-bond donors (Lipinski definition) is 0. The molecule has 0 bridgehead atoms. The van der Waals surface area contributed by atoms with Crippen molar-refractivity contribution in [1.82, 2.24) is 14.8 Å². The summed E-state index contributed by atoms with van der Waals surface area (Å²) < 4.78 is 7.89. The fourth-order valence-electron chi connectivity index (χ4n) is 3.49. The molecule has 2 heterocycles. The minimum atomic E-state index is -0.00743. The number of benzene rings is 2. The second kappa shape index (κ2) is 9.53. The van der Waals surface area contributed by atoms with Crippen LogP contribution < -0.4 is 9.64 Å². The van der Waals surface area contributed by atoms with Gasteiger partial charge in [-0.25, -0.2) is 0 Å². The summed E-state index contributed by atoms with van der Waals surface area (Å²) in [5.41, 5.74) is 1.47. The van der Waals surface area contributed by atoms with E-state index in [-0.39, 0.29) is 5.78 Å². The van der Waals surface area contributed by atoms with Crippen molar-refractivity contribution < 1.29 is 9.53 Å². The van der Waals surface area contributed by atoms with E-state index in [1.807, 2.05) is 47.0 Å². The maximum atomic E-state index is 11.8. The van der Waals surface area contributed by atoms with Gasteiger partial charge in [-0.15, -0.1) is 10.2 Å². The van der Waals surface area contributed by atoms with Gasteiger partial charge in [0.2, 0.25) is 5.95 Å². The molecule has 0 unspecified atom stereocenters. The molecular formula is C22H23ClN4O2S. The van der Waals surface area contributed by atoms with Gasteiger partial charge in [-0.2, -0.15) is 0 Å². The first-order chi connectivity index (χ1) is 14.6. The van der Waals surface area contributed by atoms with E-state index in [2.05, 4.69) is 15.1 Å². The normalized spacial score (nSPS) is 13.6. The Bertz CT molecular complexity index is 1030. The molecule has 1 aliphatic rings. The van der Waals surface area contributed by atoms with Crippen LogP contribution in [0.4, 0.5) is 5.95 Å².